The van der Waals surface area contributed by atoms with E-state index in [1.54, 1.807) is 30.3 Å². The smallest absolute Gasteiger partial charge is 0.266 e. The highest BCUT2D eigenvalue weighted by Crippen LogP contribution is 2.27. The van der Waals surface area contributed by atoms with Crippen LogP contribution in [0, 0.1) is 11.3 Å². The van der Waals surface area contributed by atoms with Crippen LogP contribution in [0.4, 0.5) is 11.8 Å². The Bertz CT molecular complexity index is 1750. The minimum atomic E-state index is -0.552. The Morgan fingerprint density at radius 2 is 1.81 bits per heavy atom. The van der Waals surface area contributed by atoms with Gasteiger partial charge < -0.3 is 16.0 Å². The standard InChI is InChI=1S/C26H20N8O2/c1-15(30-23-16(13-27)14-29-26(28)33-23)24-32-20-11-5-9-18(19-10-6-12-21(35)31-19)22(20)25(36)34(24)17-7-3-2-4-8-17/h2-12,14-15H,1H3,(H,31,35)(H3,28,29,30,33)/t15-/m1/s1. The molecule has 0 saturated carbocycles. The lowest BCUT2D eigenvalue weighted by molar-refractivity contribution is 0.730. The quantitative estimate of drug-likeness (QED) is 0.349. The molecule has 0 amide bonds. The van der Waals surface area contributed by atoms with E-state index in [0.717, 1.165) is 0 Å². The number of nitrogens with two attached hydrogens (primary N) is 1. The lowest BCUT2D eigenvalue weighted by atomic mass is 10.1. The van der Waals surface area contributed by atoms with Crippen molar-refractivity contribution in [3.8, 4) is 23.0 Å². The van der Waals surface area contributed by atoms with Crippen molar-refractivity contribution in [1.82, 2.24) is 24.5 Å². The van der Waals surface area contributed by atoms with Crippen LogP contribution in [0.15, 0.2) is 82.5 Å². The summed E-state index contributed by atoms with van der Waals surface area (Å²) in [6, 6.07) is 20.7. The highest BCUT2D eigenvalue weighted by molar-refractivity contribution is 5.93. The molecule has 10 nitrogen and oxygen atoms in total. The highest BCUT2D eigenvalue weighted by atomic mass is 16.1. The number of nitrogens with zero attached hydrogens (tertiary/aromatic N) is 5. The van der Waals surface area contributed by atoms with Crippen molar-refractivity contribution in [2.75, 3.05) is 11.1 Å². The Balaban J connectivity index is 1.76. The molecule has 0 aliphatic carbocycles. The summed E-state index contributed by atoms with van der Waals surface area (Å²) in [5.74, 6) is 0.651. The predicted molar refractivity (Wildman–Crippen MR) is 137 cm³/mol. The number of nitrogens with one attached hydrogen (secondary N) is 2. The maximum atomic E-state index is 14.1. The number of aromatic amines is 1. The maximum absolute atomic E-state index is 14.1. The molecule has 1 atom stereocenters. The molecule has 5 rings (SSSR count). The van der Waals surface area contributed by atoms with Gasteiger partial charge in [0.25, 0.3) is 5.56 Å². The van der Waals surface area contributed by atoms with Gasteiger partial charge in [-0.25, -0.2) is 9.97 Å². The van der Waals surface area contributed by atoms with E-state index in [0.29, 0.717) is 33.7 Å². The van der Waals surface area contributed by atoms with Gasteiger partial charge in [-0.15, -0.1) is 0 Å². The van der Waals surface area contributed by atoms with Gasteiger partial charge in [0, 0.05) is 17.3 Å². The Morgan fingerprint density at radius 3 is 2.56 bits per heavy atom. The van der Waals surface area contributed by atoms with Crippen LogP contribution in [0.3, 0.4) is 0 Å². The molecule has 0 unspecified atom stereocenters. The molecule has 0 bridgehead atoms. The van der Waals surface area contributed by atoms with Crippen LogP contribution in [-0.2, 0) is 0 Å². The van der Waals surface area contributed by atoms with Gasteiger partial charge in [0.1, 0.15) is 23.3 Å². The third kappa shape index (κ3) is 4.05. The molecule has 2 aromatic carbocycles. The van der Waals surface area contributed by atoms with Crippen molar-refractivity contribution in [2.45, 2.75) is 13.0 Å². The number of aromatic nitrogens is 5. The molecule has 0 fully saturated rings. The van der Waals surface area contributed by atoms with E-state index in [4.69, 9.17) is 10.7 Å². The first-order valence-electron chi connectivity index (χ1n) is 11.1. The number of anilines is 2. The zero-order valence-electron chi connectivity index (χ0n) is 19.1. The summed E-state index contributed by atoms with van der Waals surface area (Å²) in [4.78, 5) is 41.7. The van der Waals surface area contributed by atoms with E-state index in [1.807, 2.05) is 43.3 Å². The lowest BCUT2D eigenvalue weighted by Crippen LogP contribution is -2.28. The average molecular weight is 477 g/mol. The maximum Gasteiger partial charge on any atom is 0.266 e. The topological polar surface area (TPSA) is 155 Å². The van der Waals surface area contributed by atoms with Crippen LogP contribution < -0.4 is 22.2 Å². The molecule has 0 radical (unpaired) electrons. The summed E-state index contributed by atoms with van der Waals surface area (Å²) in [5, 5.41) is 13.0. The first-order chi connectivity index (χ1) is 17.5. The molecule has 0 aliphatic heterocycles. The first kappa shape index (κ1) is 22.5. The van der Waals surface area contributed by atoms with Crippen LogP contribution in [0.1, 0.15) is 24.4 Å². The number of hydrogen-bond acceptors (Lipinski definition) is 8. The van der Waals surface area contributed by atoms with Gasteiger partial charge in [-0.3, -0.25) is 14.2 Å². The molecule has 0 spiro atoms. The molecule has 176 valence electrons. The van der Waals surface area contributed by atoms with Crippen LogP contribution in [0.2, 0.25) is 0 Å². The van der Waals surface area contributed by atoms with Crippen LogP contribution in [-0.4, -0.2) is 24.5 Å². The molecule has 0 aliphatic rings. The van der Waals surface area contributed by atoms with Crippen LogP contribution >= 0.6 is 0 Å². The van der Waals surface area contributed by atoms with Crippen molar-refractivity contribution < 1.29 is 0 Å². The number of benzene rings is 2. The van der Waals surface area contributed by atoms with Crippen molar-refractivity contribution in [2.24, 2.45) is 0 Å². The lowest BCUT2D eigenvalue weighted by Gasteiger charge is -2.21. The Labute approximate surface area is 204 Å². The average Bonchev–Trinajstić information content (AvgIpc) is 2.89. The van der Waals surface area contributed by atoms with Gasteiger partial charge in [-0.1, -0.05) is 36.4 Å². The number of pyridine rings is 1. The van der Waals surface area contributed by atoms with E-state index in [1.165, 1.54) is 16.8 Å². The number of H-pyrrole nitrogens is 1. The first-order valence-corrected chi connectivity index (χ1v) is 11.1. The van der Waals surface area contributed by atoms with Crippen LogP contribution in [0.25, 0.3) is 27.8 Å². The summed E-state index contributed by atoms with van der Waals surface area (Å²) >= 11 is 0. The van der Waals surface area contributed by atoms with Gasteiger partial charge in [0.2, 0.25) is 11.5 Å². The van der Waals surface area contributed by atoms with Gasteiger partial charge in [0.15, 0.2) is 0 Å². The normalized spacial score (nSPS) is 11.7. The van der Waals surface area contributed by atoms with Gasteiger partial charge in [-0.2, -0.15) is 10.2 Å². The second-order valence-corrected chi connectivity index (χ2v) is 8.04. The SMILES string of the molecule is C[C@@H](Nc1nc(N)ncc1C#N)c1nc2cccc(-c3cccc(=O)[nH]3)c2c(=O)n1-c1ccccc1. The predicted octanol–water partition coefficient (Wildman–Crippen LogP) is 3.16. The van der Waals surface area contributed by atoms with E-state index >= 15 is 0 Å². The number of nitriles is 1. The monoisotopic (exact) mass is 476 g/mol. The van der Waals surface area contributed by atoms with Crippen molar-refractivity contribution >= 4 is 22.7 Å². The number of rotatable bonds is 5. The largest absolute Gasteiger partial charge is 0.368 e. The summed E-state index contributed by atoms with van der Waals surface area (Å²) in [5.41, 5.74) is 7.51. The fourth-order valence-electron chi connectivity index (χ4n) is 4.05. The molecule has 3 heterocycles. The third-order valence-electron chi connectivity index (χ3n) is 5.66. The summed E-state index contributed by atoms with van der Waals surface area (Å²) in [6.07, 6.45) is 1.34. The van der Waals surface area contributed by atoms with Crippen molar-refractivity contribution in [3.63, 3.8) is 0 Å². The Morgan fingerprint density at radius 1 is 1.03 bits per heavy atom. The highest BCUT2D eigenvalue weighted by Gasteiger charge is 2.21. The minimum Gasteiger partial charge on any atom is -0.368 e. The Kier molecular flexibility index (Phi) is 5.72. The van der Waals surface area contributed by atoms with E-state index in [2.05, 4.69) is 20.3 Å². The molecular formula is C26H20N8O2. The molecule has 5 aromatic rings. The summed E-state index contributed by atoms with van der Waals surface area (Å²) in [6.45, 7) is 1.81. The van der Waals surface area contributed by atoms with Gasteiger partial charge in [0.05, 0.1) is 28.8 Å². The number of nitrogen functional groups attached to an aromatic ring is 1. The van der Waals surface area contributed by atoms with E-state index < -0.39 is 6.04 Å². The zero-order chi connectivity index (χ0) is 25.2. The van der Waals surface area contributed by atoms with Crippen molar-refractivity contribution in [1.29, 1.82) is 5.26 Å². The molecule has 3 aromatic heterocycles. The number of hydrogen-bond donors (Lipinski definition) is 3. The number of fused-ring (bicyclic) bond motifs is 1. The van der Waals surface area contributed by atoms with Gasteiger partial charge >= 0.3 is 0 Å². The zero-order valence-corrected chi connectivity index (χ0v) is 19.1. The Hall–Kier alpha value is -5.30. The summed E-state index contributed by atoms with van der Waals surface area (Å²) in [7, 11) is 0. The molecule has 0 saturated heterocycles. The molecule has 10 heteroatoms. The van der Waals surface area contributed by atoms with Crippen LogP contribution in [0.5, 0.6) is 0 Å². The van der Waals surface area contributed by atoms with Gasteiger partial charge in [-0.05, 0) is 31.2 Å². The summed E-state index contributed by atoms with van der Waals surface area (Å²) < 4.78 is 1.52. The molecular weight excluding hydrogens is 456 g/mol. The van der Waals surface area contributed by atoms with Crippen molar-refractivity contribution in [3.05, 3.63) is 105 Å². The fourth-order valence-corrected chi connectivity index (χ4v) is 4.05. The van der Waals surface area contributed by atoms with E-state index in [-0.39, 0.29) is 28.4 Å². The second kappa shape index (κ2) is 9.15. The minimum absolute atomic E-state index is 0.0112. The molecule has 4 N–H and O–H groups in total. The molecule has 36 heavy (non-hydrogen) atoms. The fraction of sp³-hybridized carbons (Fsp3) is 0.0769. The number of para-hydroxylation sites is 1. The third-order valence-corrected chi connectivity index (χ3v) is 5.66. The van der Waals surface area contributed by atoms with E-state index in [9.17, 15) is 14.9 Å². The second-order valence-electron chi connectivity index (χ2n) is 8.04.